The molecule has 0 bridgehead atoms. The van der Waals surface area contributed by atoms with Crippen LogP contribution in [0.5, 0.6) is 0 Å². The van der Waals surface area contributed by atoms with Gasteiger partial charge in [-0.2, -0.15) is 0 Å². The van der Waals surface area contributed by atoms with Crippen molar-refractivity contribution >= 4 is 0 Å². The summed E-state index contributed by atoms with van der Waals surface area (Å²) in [6.45, 7) is 7.14. The van der Waals surface area contributed by atoms with Crippen LogP contribution >= 0.6 is 0 Å². The molecule has 1 aliphatic rings. The summed E-state index contributed by atoms with van der Waals surface area (Å²) in [5, 5.41) is 3.46. The van der Waals surface area contributed by atoms with E-state index in [0.717, 1.165) is 24.5 Å². The van der Waals surface area contributed by atoms with Crippen molar-refractivity contribution < 1.29 is 9.15 Å². The molecule has 3 nitrogen and oxygen atoms in total. The third kappa shape index (κ3) is 2.86. The maximum Gasteiger partial charge on any atom is 0.120 e. The third-order valence-corrected chi connectivity index (χ3v) is 3.16. The number of rotatable bonds is 4. The van der Waals surface area contributed by atoms with E-state index < -0.39 is 0 Å². The normalized spacial score (nSPS) is 27.2. The first-order chi connectivity index (χ1) is 7.65. The Morgan fingerprint density at radius 3 is 2.81 bits per heavy atom. The van der Waals surface area contributed by atoms with Gasteiger partial charge in [0.15, 0.2) is 0 Å². The number of hydrogen-bond donors (Lipinski definition) is 1. The molecule has 0 aromatic carbocycles. The topological polar surface area (TPSA) is 34.4 Å². The van der Waals surface area contributed by atoms with Crippen LogP contribution in [0, 0.1) is 6.92 Å². The molecule has 1 aromatic rings. The molecule has 0 aliphatic carbocycles. The molecule has 1 fully saturated rings. The van der Waals surface area contributed by atoms with E-state index in [4.69, 9.17) is 9.15 Å². The van der Waals surface area contributed by atoms with E-state index in [-0.39, 0.29) is 6.04 Å². The average molecular weight is 223 g/mol. The van der Waals surface area contributed by atoms with Gasteiger partial charge in [0.25, 0.3) is 0 Å². The van der Waals surface area contributed by atoms with Gasteiger partial charge in [-0.05, 0) is 45.7 Å². The van der Waals surface area contributed by atoms with Gasteiger partial charge in [0.1, 0.15) is 11.5 Å². The van der Waals surface area contributed by atoms with Gasteiger partial charge >= 0.3 is 0 Å². The Bertz CT molecular complexity index is 334. The first-order valence-corrected chi connectivity index (χ1v) is 6.10. The van der Waals surface area contributed by atoms with E-state index in [9.17, 15) is 0 Å². The molecule has 3 heteroatoms. The van der Waals surface area contributed by atoms with E-state index in [2.05, 4.69) is 19.2 Å². The molecule has 2 rings (SSSR count). The van der Waals surface area contributed by atoms with Crippen LogP contribution in [0.2, 0.25) is 0 Å². The van der Waals surface area contributed by atoms with E-state index in [1.807, 2.05) is 19.1 Å². The zero-order valence-corrected chi connectivity index (χ0v) is 10.3. The monoisotopic (exact) mass is 223 g/mol. The van der Waals surface area contributed by atoms with E-state index in [1.54, 1.807) is 0 Å². The Kier molecular flexibility index (Phi) is 3.66. The van der Waals surface area contributed by atoms with Crippen molar-refractivity contribution in [2.24, 2.45) is 0 Å². The second-order valence-electron chi connectivity index (χ2n) is 4.72. The average Bonchev–Trinajstić information content (AvgIpc) is 2.84. The Morgan fingerprint density at radius 1 is 1.44 bits per heavy atom. The van der Waals surface area contributed by atoms with E-state index in [0.29, 0.717) is 12.2 Å². The highest BCUT2D eigenvalue weighted by atomic mass is 16.5. The van der Waals surface area contributed by atoms with Crippen molar-refractivity contribution in [1.29, 1.82) is 0 Å². The minimum Gasteiger partial charge on any atom is -0.465 e. The molecule has 1 saturated heterocycles. The number of nitrogens with one attached hydrogen (secondary N) is 1. The quantitative estimate of drug-likeness (QED) is 0.852. The molecule has 1 aliphatic heterocycles. The fourth-order valence-electron chi connectivity index (χ4n) is 2.13. The van der Waals surface area contributed by atoms with Gasteiger partial charge in [-0.3, -0.25) is 0 Å². The summed E-state index contributed by atoms with van der Waals surface area (Å²) < 4.78 is 11.3. The SMILES string of the molecule is Cc1ccc(C(C)NCC2CCC(C)O2)o1. The highest BCUT2D eigenvalue weighted by Crippen LogP contribution is 2.20. The number of furan rings is 1. The molecule has 0 saturated carbocycles. The first kappa shape index (κ1) is 11.7. The second kappa shape index (κ2) is 5.02. The van der Waals surface area contributed by atoms with Crippen molar-refractivity contribution in [2.45, 2.75) is 51.9 Å². The standard InChI is InChI=1S/C13H21NO2/c1-9-4-6-12(15-9)8-14-11(3)13-7-5-10(2)16-13/h5,7,9,11-12,14H,4,6,8H2,1-3H3. The highest BCUT2D eigenvalue weighted by Gasteiger charge is 2.22. The molecule has 0 radical (unpaired) electrons. The van der Waals surface area contributed by atoms with Gasteiger partial charge in [0, 0.05) is 6.54 Å². The van der Waals surface area contributed by atoms with Crippen molar-refractivity contribution in [3.05, 3.63) is 23.7 Å². The summed E-state index contributed by atoms with van der Waals surface area (Å²) in [4.78, 5) is 0. The molecular weight excluding hydrogens is 202 g/mol. The van der Waals surface area contributed by atoms with Crippen LogP contribution in [0.4, 0.5) is 0 Å². The summed E-state index contributed by atoms with van der Waals surface area (Å²) >= 11 is 0. The lowest BCUT2D eigenvalue weighted by Crippen LogP contribution is -2.29. The van der Waals surface area contributed by atoms with E-state index >= 15 is 0 Å². The minimum absolute atomic E-state index is 0.258. The largest absolute Gasteiger partial charge is 0.465 e. The molecule has 0 amide bonds. The lowest BCUT2D eigenvalue weighted by atomic mass is 10.2. The van der Waals surface area contributed by atoms with Crippen LogP contribution in [-0.2, 0) is 4.74 Å². The van der Waals surface area contributed by atoms with Gasteiger partial charge in [0.2, 0.25) is 0 Å². The molecule has 1 N–H and O–H groups in total. The summed E-state index contributed by atoms with van der Waals surface area (Å²) in [5.74, 6) is 1.97. The maximum atomic E-state index is 5.76. The summed E-state index contributed by atoms with van der Waals surface area (Å²) in [6, 6.07) is 4.29. The van der Waals surface area contributed by atoms with Gasteiger partial charge in [-0.15, -0.1) is 0 Å². The summed E-state index contributed by atoms with van der Waals surface area (Å²) in [7, 11) is 0. The van der Waals surface area contributed by atoms with Gasteiger partial charge < -0.3 is 14.5 Å². The molecule has 0 spiro atoms. The molecule has 90 valence electrons. The third-order valence-electron chi connectivity index (χ3n) is 3.16. The number of aryl methyl sites for hydroxylation is 1. The molecular formula is C13H21NO2. The first-order valence-electron chi connectivity index (χ1n) is 6.10. The van der Waals surface area contributed by atoms with Crippen molar-refractivity contribution in [3.63, 3.8) is 0 Å². The van der Waals surface area contributed by atoms with Crippen LogP contribution in [0.15, 0.2) is 16.5 Å². The molecule has 3 atom stereocenters. The Balaban J connectivity index is 1.77. The zero-order valence-electron chi connectivity index (χ0n) is 10.3. The smallest absolute Gasteiger partial charge is 0.120 e. The van der Waals surface area contributed by atoms with Crippen molar-refractivity contribution in [2.75, 3.05) is 6.54 Å². The predicted octanol–water partition coefficient (Wildman–Crippen LogP) is 2.81. The van der Waals surface area contributed by atoms with Crippen LogP contribution in [0.25, 0.3) is 0 Å². The van der Waals surface area contributed by atoms with Gasteiger partial charge in [-0.1, -0.05) is 0 Å². The lowest BCUT2D eigenvalue weighted by Gasteiger charge is -2.16. The maximum absolute atomic E-state index is 5.76. The second-order valence-corrected chi connectivity index (χ2v) is 4.72. The minimum atomic E-state index is 0.258. The van der Waals surface area contributed by atoms with Crippen LogP contribution in [-0.4, -0.2) is 18.8 Å². The number of ether oxygens (including phenoxy) is 1. The van der Waals surface area contributed by atoms with Crippen molar-refractivity contribution in [1.82, 2.24) is 5.32 Å². The highest BCUT2D eigenvalue weighted by molar-refractivity contribution is 5.08. The van der Waals surface area contributed by atoms with E-state index in [1.165, 1.54) is 6.42 Å². The molecule has 2 heterocycles. The van der Waals surface area contributed by atoms with Crippen LogP contribution < -0.4 is 5.32 Å². The molecule has 16 heavy (non-hydrogen) atoms. The summed E-state index contributed by atoms with van der Waals surface area (Å²) in [5.41, 5.74) is 0. The lowest BCUT2D eigenvalue weighted by molar-refractivity contribution is 0.0542. The zero-order chi connectivity index (χ0) is 11.5. The van der Waals surface area contributed by atoms with Crippen LogP contribution in [0.1, 0.15) is 44.3 Å². The van der Waals surface area contributed by atoms with Gasteiger partial charge in [-0.25, -0.2) is 0 Å². The molecule has 3 unspecified atom stereocenters. The molecule has 1 aromatic heterocycles. The summed E-state index contributed by atoms with van der Waals surface area (Å²) in [6.07, 6.45) is 3.14. The van der Waals surface area contributed by atoms with Gasteiger partial charge in [0.05, 0.1) is 18.2 Å². The fraction of sp³-hybridized carbons (Fsp3) is 0.692. The van der Waals surface area contributed by atoms with Crippen LogP contribution in [0.3, 0.4) is 0 Å². The van der Waals surface area contributed by atoms with Crippen molar-refractivity contribution in [3.8, 4) is 0 Å². The Morgan fingerprint density at radius 2 is 2.25 bits per heavy atom. The predicted molar refractivity (Wildman–Crippen MR) is 63.4 cm³/mol. The number of hydrogen-bond acceptors (Lipinski definition) is 3. The fourth-order valence-corrected chi connectivity index (χ4v) is 2.13. The Hall–Kier alpha value is -0.800. The Labute approximate surface area is 97.2 Å².